The molecule has 0 radical (unpaired) electrons. The van der Waals surface area contributed by atoms with E-state index in [4.69, 9.17) is 0 Å². The fraction of sp³-hybridized carbons (Fsp3) is 0.846. The second-order valence-corrected chi connectivity index (χ2v) is 5.16. The minimum Gasteiger partial charge on any atom is -0.332 e. The molecule has 0 aromatic carbocycles. The van der Waals surface area contributed by atoms with E-state index in [0.29, 0.717) is 12.1 Å². The van der Waals surface area contributed by atoms with E-state index in [-0.39, 0.29) is 6.03 Å². The van der Waals surface area contributed by atoms with Crippen LogP contribution in [0.5, 0.6) is 0 Å². The van der Waals surface area contributed by atoms with Crippen LogP contribution in [0.15, 0.2) is 0 Å². The minimum atomic E-state index is 0.0929. The van der Waals surface area contributed by atoms with Crippen molar-refractivity contribution in [2.75, 3.05) is 18.6 Å². The third-order valence-electron chi connectivity index (χ3n) is 2.85. The van der Waals surface area contributed by atoms with Gasteiger partial charge in [-0.3, -0.25) is 0 Å². The maximum absolute atomic E-state index is 11.0. The van der Waals surface area contributed by atoms with E-state index in [1.165, 1.54) is 0 Å². The van der Waals surface area contributed by atoms with Crippen LogP contribution in [0.25, 0.3) is 0 Å². The summed E-state index contributed by atoms with van der Waals surface area (Å²) in [6, 6.07) is 0.968. The molecule has 2 heterocycles. The number of fused-ring (bicyclic) bond motifs is 1. The number of aldehydes is 1. The largest absolute Gasteiger partial charge is 0.332 e. The van der Waals surface area contributed by atoms with Crippen LogP contribution in [0.4, 0.5) is 4.79 Å². The Morgan fingerprint density at radius 1 is 1.44 bits per heavy atom. The molecular formula is C13H26N2O2S. The lowest BCUT2D eigenvalue weighted by Crippen LogP contribution is -2.32. The maximum Gasteiger partial charge on any atom is 0.317 e. The summed E-state index contributed by atoms with van der Waals surface area (Å²) in [6.45, 7) is 6.07. The zero-order valence-corrected chi connectivity index (χ0v) is 12.8. The van der Waals surface area contributed by atoms with Crippen LogP contribution in [-0.2, 0) is 4.79 Å². The minimum absolute atomic E-state index is 0.0929. The van der Waals surface area contributed by atoms with Crippen molar-refractivity contribution in [1.29, 1.82) is 0 Å². The molecule has 5 heteroatoms. The van der Waals surface area contributed by atoms with Crippen molar-refractivity contribution in [3.05, 3.63) is 0 Å². The van der Waals surface area contributed by atoms with Gasteiger partial charge in [-0.2, -0.15) is 11.8 Å². The number of rotatable bonds is 3. The molecule has 2 saturated heterocycles. The van der Waals surface area contributed by atoms with Crippen molar-refractivity contribution < 1.29 is 9.59 Å². The van der Waals surface area contributed by atoms with Crippen molar-refractivity contribution in [1.82, 2.24) is 10.2 Å². The number of unbranched alkanes of at least 4 members (excludes halogenated alkanes) is 2. The van der Waals surface area contributed by atoms with Gasteiger partial charge in [0.25, 0.3) is 0 Å². The smallest absolute Gasteiger partial charge is 0.317 e. The standard InChI is InChI=1S/C6H10N2OS.C5H10O.C2H6/c1-8-5-3-10-2-4(5)7-6(8)9;1-2-3-4-5-6;1-2/h4-5H,2-3H2,1H3,(H,7,9);5H,2-4H2,1H3;1-2H3. The summed E-state index contributed by atoms with van der Waals surface area (Å²) in [5.74, 6) is 2.18. The Balaban J connectivity index is 0.000000315. The van der Waals surface area contributed by atoms with Crippen LogP contribution in [-0.4, -0.2) is 47.9 Å². The zero-order chi connectivity index (χ0) is 14.0. The Labute approximate surface area is 115 Å². The van der Waals surface area contributed by atoms with Gasteiger partial charge in [0.15, 0.2) is 0 Å². The Kier molecular flexibility index (Phi) is 9.83. The number of nitrogens with zero attached hydrogens (tertiary/aromatic N) is 1. The molecule has 2 rings (SSSR count). The van der Waals surface area contributed by atoms with Crippen LogP contribution in [0.1, 0.15) is 40.0 Å². The SMILES string of the molecule is CC.CCCCC=O.CN1C(=O)NC2CSCC21. The van der Waals surface area contributed by atoms with Gasteiger partial charge in [-0.15, -0.1) is 0 Å². The second kappa shape index (κ2) is 10.2. The fourth-order valence-corrected chi connectivity index (χ4v) is 3.15. The van der Waals surface area contributed by atoms with Crippen molar-refractivity contribution in [3.63, 3.8) is 0 Å². The highest BCUT2D eigenvalue weighted by Crippen LogP contribution is 2.26. The number of likely N-dealkylation sites (N-methyl/N-ethyl adjacent to an activating group) is 1. The lowest BCUT2D eigenvalue weighted by Gasteiger charge is -2.14. The number of thioether (sulfide) groups is 1. The molecule has 2 aliphatic heterocycles. The molecule has 2 amide bonds. The molecule has 18 heavy (non-hydrogen) atoms. The van der Waals surface area contributed by atoms with Gasteiger partial charge in [-0.25, -0.2) is 4.79 Å². The Morgan fingerprint density at radius 2 is 2.11 bits per heavy atom. The summed E-state index contributed by atoms with van der Waals surface area (Å²) in [5, 5.41) is 2.93. The van der Waals surface area contributed by atoms with E-state index >= 15 is 0 Å². The molecule has 0 aromatic heterocycles. The monoisotopic (exact) mass is 274 g/mol. The van der Waals surface area contributed by atoms with E-state index in [1.54, 1.807) is 0 Å². The van der Waals surface area contributed by atoms with E-state index in [0.717, 1.165) is 37.1 Å². The van der Waals surface area contributed by atoms with Gasteiger partial charge in [0.2, 0.25) is 0 Å². The average Bonchev–Trinajstić information content (AvgIpc) is 2.95. The van der Waals surface area contributed by atoms with Gasteiger partial charge in [0.05, 0.1) is 12.1 Å². The second-order valence-electron chi connectivity index (χ2n) is 4.08. The lowest BCUT2D eigenvalue weighted by molar-refractivity contribution is -0.107. The van der Waals surface area contributed by atoms with E-state index < -0.39 is 0 Å². The topological polar surface area (TPSA) is 49.4 Å². The number of carbonyl (C=O) groups is 2. The van der Waals surface area contributed by atoms with Crippen molar-refractivity contribution >= 4 is 24.1 Å². The van der Waals surface area contributed by atoms with Gasteiger partial charge in [-0.05, 0) is 6.42 Å². The maximum atomic E-state index is 11.0. The molecule has 2 atom stereocenters. The predicted molar refractivity (Wildman–Crippen MR) is 78.1 cm³/mol. The lowest BCUT2D eigenvalue weighted by atomic mass is 10.2. The number of nitrogens with one attached hydrogen (secondary N) is 1. The molecule has 2 aliphatic rings. The van der Waals surface area contributed by atoms with Gasteiger partial charge >= 0.3 is 6.03 Å². The molecule has 0 aliphatic carbocycles. The molecule has 106 valence electrons. The Bertz CT molecular complexity index is 249. The molecule has 0 bridgehead atoms. The van der Waals surface area contributed by atoms with Gasteiger partial charge in [-0.1, -0.05) is 27.2 Å². The number of hydrogen-bond donors (Lipinski definition) is 1. The fourth-order valence-electron chi connectivity index (χ4n) is 1.76. The van der Waals surface area contributed by atoms with Crippen LogP contribution in [0, 0.1) is 0 Å². The summed E-state index contributed by atoms with van der Waals surface area (Å²) in [7, 11) is 1.87. The summed E-state index contributed by atoms with van der Waals surface area (Å²) in [5.41, 5.74) is 0. The molecule has 0 saturated carbocycles. The molecular weight excluding hydrogens is 248 g/mol. The summed E-state index contributed by atoms with van der Waals surface area (Å²) >= 11 is 1.92. The predicted octanol–water partition coefficient (Wildman–Crippen LogP) is 2.53. The highest BCUT2D eigenvalue weighted by Gasteiger charge is 2.40. The first-order valence-electron chi connectivity index (χ1n) is 6.75. The van der Waals surface area contributed by atoms with E-state index in [2.05, 4.69) is 12.2 Å². The Morgan fingerprint density at radius 3 is 2.56 bits per heavy atom. The number of carbonyl (C=O) groups excluding carboxylic acids is 2. The normalized spacial score (nSPS) is 24.2. The van der Waals surface area contributed by atoms with Crippen LogP contribution >= 0.6 is 11.8 Å². The number of hydrogen-bond acceptors (Lipinski definition) is 3. The Hall–Kier alpha value is -0.710. The molecule has 1 N–H and O–H groups in total. The highest BCUT2D eigenvalue weighted by molar-refractivity contribution is 7.99. The highest BCUT2D eigenvalue weighted by atomic mass is 32.2. The zero-order valence-electron chi connectivity index (χ0n) is 11.9. The quantitative estimate of drug-likeness (QED) is 0.489. The van der Waals surface area contributed by atoms with Crippen molar-refractivity contribution in [2.24, 2.45) is 0 Å². The first kappa shape index (κ1) is 17.3. The molecule has 0 aromatic rings. The van der Waals surface area contributed by atoms with Gasteiger partial charge in [0.1, 0.15) is 6.29 Å². The van der Waals surface area contributed by atoms with Crippen molar-refractivity contribution in [3.8, 4) is 0 Å². The molecule has 0 spiro atoms. The first-order valence-corrected chi connectivity index (χ1v) is 7.90. The summed E-state index contributed by atoms with van der Waals surface area (Å²) < 4.78 is 0. The molecule has 2 unspecified atom stereocenters. The molecule has 2 fully saturated rings. The van der Waals surface area contributed by atoms with Crippen LogP contribution in [0.2, 0.25) is 0 Å². The summed E-state index contributed by atoms with van der Waals surface area (Å²) in [4.78, 5) is 22.4. The summed E-state index contributed by atoms with van der Waals surface area (Å²) in [6.07, 6.45) is 3.86. The van der Waals surface area contributed by atoms with Gasteiger partial charge in [0, 0.05) is 25.0 Å². The number of urea groups is 1. The van der Waals surface area contributed by atoms with E-state index in [9.17, 15) is 9.59 Å². The number of amides is 2. The van der Waals surface area contributed by atoms with Crippen LogP contribution < -0.4 is 5.32 Å². The first-order chi connectivity index (χ1) is 8.70. The molecule has 4 nitrogen and oxygen atoms in total. The van der Waals surface area contributed by atoms with Gasteiger partial charge < -0.3 is 15.0 Å². The average molecular weight is 274 g/mol. The third-order valence-corrected chi connectivity index (χ3v) is 4.02. The van der Waals surface area contributed by atoms with Crippen LogP contribution in [0.3, 0.4) is 0 Å². The third kappa shape index (κ3) is 5.29. The van der Waals surface area contributed by atoms with Crippen molar-refractivity contribution in [2.45, 2.75) is 52.1 Å². The van der Waals surface area contributed by atoms with E-state index in [1.807, 2.05) is 37.6 Å².